The van der Waals surface area contributed by atoms with Crippen molar-refractivity contribution >= 4 is 29.3 Å². The molecule has 0 aliphatic heterocycles. The molecule has 3 N–H and O–H groups in total. The summed E-state index contributed by atoms with van der Waals surface area (Å²) in [4.78, 5) is 29.4. The minimum atomic E-state index is -0.321. The van der Waals surface area contributed by atoms with Crippen molar-refractivity contribution in [1.82, 2.24) is 20.5 Å². The van der Waals surface area contributed by atoms with E-state index in [2.05, 4.69) is 25.8 Å². The Morgan fingerprint density at radius 1 is 1.10 bits per heavy atom. The van der Waals surface area contributed by atoms with E-state index in [1.54, 1.807) is 12.1 Å². The van der Waals surface area contributed by atoms with E-state index >= 15 is 0 Å². The molecule has 162 valence electrons. The highest BCUT2D eigenvalue weighted by Gasteiger charge is 2.23. The lowest BCUT2D eigenvalue weighted by molar-refractivity contribution is -0.113. The van der Waals surface area contributed by atoms with E-state index in [4.69, 9.17) is 0 Å². The summed E-state index contributed by atoms with van der Waals surface area (Å²) >= 11 is 1.24. The number of thioether (sulfide) groups is 1. The quantitative estimate of drug-likeness (QED) is 0.457. The molecule has 0 saturated carbocycles. The Hall–Kier alpha value is -3.13. The second kappa shape index (κ2) is 10.3. The van der Waals surface area contributed by atoms with Crippen molar-refractivity contribution in [1.29, 1.82) is 0 Å². The number of nitrogens with zero attached hydrogens (tertiary/aromatic N) is 2. The summed E-state index contributed by atoms with van der Waals surface area (Å²) in [5.74, 6) is 0.564. The molecule has 0 spiro atoms. The Morgan fingerprint density at radius 3 is 2.52 bits per heavy atom. The smallest absolute Gasteiger partial charge is 0.251 e. The van der Waals surface area contributed by atoms with Crippen molar-refractivity contribution in [3.05, 3.63) is 71.0 Å². The molecule has 0 bridgehead atoms. The number of rotatable bonds is 8. The van der Waals surface area contributed by atoms with E-state index in [9.17, 15) is 9.59 Å². The van der Waals surface area contributed by atoms with E-state index in [0.717, 1.165) is 16.8 Å². The van der Waals surface area contributed by atoms with Gasteiger partial charge in [0.25, 0.3) is 5.91 Å². The summed E-state index contributed by atoms with van der Waals surface area (Å²) in [6.07, 6.45) is 0. The number of amides is 2. The van der Waals surface area contributed by atoms with Crippen LogP contribution in [-0.4, -0.2) is 32.7 Å². The number of aromatic nitrogens is 3. The molecule has 1 unspecified atom stereocenters. The third-order valence-electron chi connectivity index (χ3n) is 4.75. The standard InChI is InChI=1S/C23H27N5O2S/c1-14(2)20(25-22(30)17-8-6-5-7-9-17)21-26-23(28-27-21)31-13-19(29)24-18-11-10-15(3)12-16(18)4/h5-12,14,20H,13H2,1-4H3,(H,24,29)(H,25,30)(H,26,27,28). The topological polar surface area (TPSA) is 99.8 Å². The number of aryl methyl sites for hydroxylation is 2. The summed E-state index contributed by atoms with van der Waals surface area (Å²) in [6.45, 7) is 7.99. The van der Waals surface area contributed by atoms with E-state index in [1.807, 2.05) is 64.1 Å². The van der Waals surface area contributed by atoms with E-state index in [1.165, 1.54) is 11.8 Å². The number of carbonyl (C=O) groups excluding carboxylic acids is 2. The molecule has 8 heteroatoms. The van der Waals surface area contributed by atoms with Crippen molar-refractivity contribution in [2.45, 2.75) is 38.9 Å². The van der Waals surface area contributed by atoms with Crippen LogP contribution in [0, 0.1) is 19.8 Å². The van der Waals surface area contributed by atoms with Gasteiger partial charge < -0.3 is 10.6 Å². The number of benzene rings is 2. The van der Waals surface area contributed by atoms with Gasteiger partial charge in [-0.05, 0) is 43.5 Å². The maximum absolute atomic E-state index is 12.5. The minimum absolute atomic E-state index is 0.103. The molecule has 0 saturated heterocycles. The van der Waals surface area contributed by atoms with Crippen molar-refractivity contribution < 1.29 is 9.59 Å². The highest BCUT2D eigenvalue weighted by Crippen LogP contribution is 2.22. The number of carbonyl (C=O) groups is 2. The van der Waals surface area contributed by atoms with Crippen LogP contribution in [-0.2, 0) is 4.79 Å². The van der Waals surface area contributed by atoms with Gasteiger partial charge in [-0.3, -0.25) is 14.7 Å². The first-order chi connectivity index (χ1) is 14.8. The number of hydrogen-bond donors (Lipinski definition) is 3. The molecule has 1 aromatic heterocycles. The lowest BCUT2D eigenvalue weighted by Gasteiger charge is -2.19. The van der Waals surface area contributed by atoms with Gasteiger partial charge in [-0.2, -0.15) is 0 Å². The van der Waals surface area contributed by atoms with Crippen molar-refractivity contribution in [2.24, 2.45) is 5.92 Å². The third-order valence-corrected chi connectivity index (χ3v) is 5.60. The summed E-state index contributed by atoms with van der Waals surface area (Å²) < 4.78 is 0. The fourth-order valence-corrected chi connectivity index (χ4v) is 3.70. The van der Waals surface area contributed by atoms with Crippen molar-refractivity contribution in [2.75, 3.05) is 11.1 Å². The second-order valence-electron chi connectivity index (χ2n) is 7.72. The molecule has 1 heterocycles. The average Bonchev–Trinajstić information content (AvgIpc) is 3.21. The number of anilines is 1. The zero-order chi connectivity index (χ0) is 22.4. The normalized spacial score (nSPS) is 11.9. The SMILES string of the molecule is Cc1ccc(NC(=O)CSc2n[nH]c(C(NC(=O)c3ccccc3)C(C)C)n2)c(C)c1. The molecule has 3 aromatic rings. The van der Waals surface area contributed by atoms with Gasteiger partial charge in [0.15, 0.2) is 0 Å². The Bertz CT molecular complexity index is 1050. The predicted molar refractivity (Wildman–Crippen MR) is 123 cm³/mol. The molecule has 0 aliphatic carbocycles. The molecule has 2 aromatic carbocycles. The van der Waals surface area contributed by atoms with Crippen molar-refractivity contribution in [3.63, 3.8) is 0 Å². The van der Waals surface area contributed by atoms with Gasteiger partial charge in [0.2, 0.25) is 11.1 Å². The monoisotopic (exact) mass is 437 g/mol. The predicted octanol–water partition coefficient (Wildman–Crippen LogP) is 4.28. The first kappa shape index (κ1) is 22.6. The summed E-state index contributed by atoms with van der Waals surface area (Å²) in [7, 11) is 0. The number of aromatic amines is 1. The van der Waals surface area contributed by atoms with Crippen LogP contribution in [0.25, 0.3) is 0 Å². The Morgan fingerprint density at radius 2 is 1.84 bits per heavy atom. The first-order valence-corrected chi connectivity index (χ1v) is 11.1. The van der Waals surface area contributed by atoms with Crippen LogP contribution < -0.4 is 10.6 Å². The fraction of sp³-hybridized carbons (Fsp3) is 0.304. The molecule has 0 radical (unpaired) electrons. The van der Waals surface area contributed by atoms with Gasteiger partial charge in [-0.25, -0.2) is 4.98 Å². The Labute approximate surface area is 186 Å². The number of hydrogen-bond acceptors (Lipinski definition) is 5. The maximum Gasteiger partial charge on any atom is 0.251 e. The van der Waals surface area contributed by atoms with Gasteiger partial charge in [0, 0.05) is 11.3 Å². The first-order valence-electron chi connectivity index (χ1n) is 10.1. The zero-order valence-corrected chi connectivity index (χ0v) is 18.9. The number of nitrogens with one attached hydrogen (secondary N) is 3. The van der Waals surface area contributed by atoms with Crippen LogP contribution in [0.1, 0.15) is 47.2 Å². The van der Waals surface area contributed by atoms with E-state index in [-0.39, 0.29) is 29.5 Å². The van der Waals surface area contributed by atoms with Gasteiger partial charge in [0.05, 0.1) is 11.8 Å². The molecule has 2 amide bonds. The molecule has 1 atom stereocenters. The summed E-state index contributed by atoms with van der Waals surface area (Å²) in [5, 5.41) is 13.5. The lowest BCUT2D eigenvalue weighted by Crippen LogP contribution is -2.32. The lowest BCUT2D eigenvalue weighted by atomic mass is 10.0. The fourth-order valence-electron chi connectivity index (χ4n) is 3.10. The van der Waals surface area contributed by atoms with Gasteiger partial charge in [-0.1, -0.05) is 61.5 Å². The second-order valence-corrected chi connectivity index (χ2v) is 8.66. The van der Waals surface area contributed by atoms with Crippen molar-refractivity contribution in [3.8, 4) is 0 Å². The maximum atomic E-state index is 12.5. The van der Waals surface area contributed by atoms with Crippen LogP contribution in [0.15, 0.2) is 53.7 Å². The average molecular weight is 438 g/mol. The van der Waals surface area contributed by atoms with Crippen LogP contribution in [0.3, 0.4) is 0 Å². The molecule has 0 fully saturated rings. The highest BCUT2D eigenvalue weighted by molar-refractivity contribution is 7.99. The van der Waals surface area contributed by atoms with E-state index in [0.29, 0.717) is 16.5 Å². The van der Waals surface area contributed by atoms with Crippen LogP contribution >= 0.6 is 11.8 Å². The molecule has 0 aliphatic rings. The van der Waals surface area contributed by atoms with Crippen LogP contribution in [0.5, 0.6) is 0 Å². The Balaban J connectivity index is 1.59. The van der Waals surface area contributed by atoms with Gasteiger partial charge >= 0.3 is 0 Å². The largest absolute Gasteiger partial charge is 0.342 e. The van der Waals surface area contributed by atoms with Crippen LogP contribution in [0.2, 0.25) is 0 Å². The van der Waals surface area contributed by atoms with Gasteiger partial charge in [-0.15, -0.1) is 5.10 Å². The highest BCUT2D eigenvalue weighted by atomic mass is 32.2. The molecular formula is C23H27N5O2S. The Kier molecular flexibility index (Phi) is 7.46. The molecule has 31 heavy (non-hydrogen) atoms. The van der Waals surface area contributed by atoms with E-state index < -0.39 is 0 Å². The molecule has 7 nitrogen and oxygen atoms in total. The van der Waals surface area contributed by atoms with Gasteiger partial charge in [0.1, 0.15) is 5.82 Å². The molecule has 3 rings (SSSR count). The third kappa shape index (κ3) is 6.18. The molecular weight excluding hydrogens is 410 g/mol. The minimum Gasteiger partial charge on any atom is -0.342 e. The summed E-state index contributed by atoms with van der Waals surface area (Å²) in [5.41, 5.74) is 3.56. The number of H-pyrrole nitrogens is 1. The zero-order valence-electron chi connectivity index (χ0n) is 18.1. The summed E-state index contributed by atoms with van der Waals surface area (Å²) in [6, 6.07) is 14.6. The van der Waals surface area contributed by atoms with Crippen LogP contribution in [0.4, 0.5) is 5.69 Å².